The van der Waals surface area contributed by atoms with Gasteiger partial charge in [0, 0.05) is 18.2 Å². The molecule has 2 aromatic carbocycles. The SMILES string of the molecule is CC(NC(=O)CCc1nc2ccccc2[nH]1)c1cc2cc(C#N)ccc2o1. The summed E-state index contributed by atoms with van der Waals surface area (Å²) in [4.78, 5) is 20.0. The van der Waals surface area contributed by atoms with Crippen LogP contribution >= 0.6 is 0 Å². The summed E-state index contributed by atoms with van der Waals surface area (Å²) in [5.74, 6) is 1.39. The Balaban J connectivity index is 1.39. The lowest BCUT2D eigenvalue weighted by molar-refractivity contribution is -0.121. The molecule has 1 unspecified atom stereocenters. The molecular weight excluding hydrogens is 340 g/mol. The molecule has 0 aliphatic heterocycles. The molecule has 134 valence electrons. The number of para-hydroxylation sites is 2. The van der Waals surface area contributed by atoms with Crippen LogP contribution in [0, 0.1) is 11.3 Å². The van der Waals surface area contributed by atoms with Gasteiger partial charge in [0.15, 0.2) is 0 Å². The first kappa shape index (κ1) is 16.9. The number of benzene rings is 2. The Morgan fingerprint density at radius 3 is 2.96 bits per heavy atom. The maximum absolute atomic E-state index is 12.3. The molecule has 0 bridgehead atoms. The Labute approximate surface area is 155 Å². The highest BCUT2D eigenvalue weighted by atomic mass is 16.3. The number of imidazole rings is 1. The molecule has 1 atom stereocenters. The summed E-state index contributed by atoms with van der Waals surface area (Å²) in [6.07, 6.45) is 0.877. The summed E-state index contributed by atoms with van der Waals surface area (Å²) in [6.45, 7) is 1.88. The first-order valence-corrected chi connectivity index (χ1v) is 8.79. The minimum atomic E-state index is -0.258. The maximum Gasteiger partial charge on any atom is 0.221 e. The number of amides is 1. The van der Waals surface area contributed by atoms with Gasteiger partial charge < -0.3 is 14.7 Å². The average Bonchev–Trinajstić information content (AvgIpc) is 3.29. The van der Waals surface area contributed by atoms with E-state index in [0.717, 1.165) is 22.2 Å². The lowest BCUT2D eigenvalue weighted by Crippen LogP contribution is -2.26. The van der Waals surface area contributed by atoms with Crippen molar-refractivity contribution in [3.63, 3.8) is 0 Å². The van der Waals surface area contributed by atoms with E-state index in [9.17, 15) is 4.79 Å². The number of nitrogens with zero attached hydrogens (tertiary/aromatic N) is 2. The molecule has 0 aliphatic carbocycles. The van der Waals surface area contributed by atoms with Crippen molar-refractivity contribution in [1.29, 1.82) is 5.26 Å². The van der Waals surface area contributed by atoms with Crippen LogP contribution in [0.2, 0.25) is 0 Å². The fourth-order valence-electron chi connectivity index (χ4n) is 3.09. The third-order valence-electron chi connectivity index (χ3n) is 4.50. The number of carbonyl (C=O) groups excluding carboxylic acids is 1. The van der Waals surface area contributed by atoms with E-state index < -0.39 is 0 Å². The maximum atomic E-state index is 12.3. The number of hydrogen-bond donors (Lipinski definition) is 2. The van der Waals surface area contributed by atoms with Crippen molar-refractivity contribution in [3.8, 4) is 6.07 Å². The molecule has 0 fully saturated rings. The second-order valence-electron chi connectivity index (χ2n) is 6.50. The molecule has 0 radical (unpaired) electrons. The topological polar surface area (TPSA) is 94.7 Å². The largest absolute Gasteiger partial charge is 0.459 e. The summed E-state index contributed by atoms with van der Waals surface area (Å²) in [5, 5.41) is 12.8. The molecule has 2 heterocycles. The van der Waals surface area contributed by atoms with Crippen LogP contribution < -0.4 is 5.32 Å². The van der Waals surface area contributed by atoms with Gasteiger partial charge in [-0.15, -0.1) is 0 Å². The number of fused-ring (bicyclic) bond motifs is 2. The van der Waals surface area contributed by atoms with Gasteiger partial charge in [0.2, 0.25) is 5.91 Å². The van der Waals surface area contributed by atoms with Crippen LogP contribution in [0.4, 0.5) is 0 Å². The van der Waals surface area contributed by atoms with Crippen LogP contribution in [-0.4, -0.2) is 15.9 Å². The Kier molecular flexibility index (Phi) is 4.35. The second-order valence-corrected chi connectivity index (χ2v) is 6.50. The number of H-pyrrole nitrogens is 1. The van der Waals surface area contributed by atoms with Crippen LogP contribution in [0.1, 0.15) is 36.5 Å². The van der Waals surface area contributed by atoms with E-state index in [0.29, 0.717) is 29.7 Å². The number of nitrogens with one attached hydrogen (secondary N) is 2. The second kappa shape index (κ2) is 6.96. The van der Waals surface area contributed by atoms with E-state index in [2.05, 4.69) is 21.4 Å². The van der Waals surface area contributed by atoms with Crippen LogP contribution in [0.25, 0.3) is 22.0 Å². The van der Waals surface area contributed by atoms with Gasteiger partial charge in [0.25, 0.3) is 0 Å². The number of nitriles is 1. The number of aromatic amines is 1. The van der Waals surface area contributed by atoms with E-state index in [1.807, 2.05) is 37.3 Å². The molecule has 0 spiro atoms. The minimum Gasteiger partial charge on any atom is -0.459 e. The third kappa shape index (κ3) is 3.53. The van der Waals surface area contributed by atoms with Crippen molar-refractivity contribution in [2.45, 2.75) is 25.8 Å². The first-order valence-electron chi connectivity index (χ1n) is 8.79. The van der Waals surface area contributed by atoms with Gasteiger partial charge in [-0.2, -0.15) is 5.26 Å². The number of aromatic nitrogens is 2. The Morgan fingerprint density at radius 2 is 2.15 bits per heavy atom. The smallest absolute Gasteiger partial charge is 0.221 e. The fourth-order valence-corrected chi connectivity index (χ4v) is 3.09. The Hall–Kier alpha value is -3.59. The predicted molar refractivity (Wildman–Crippen MR) is 102 cm³/mol. The van der Waals surface area contributed by atoms with E-state index in [-0.39, 0.29) is 11.9 Å². The standard InChI is InChI=1S/C21H18N4O2/c1-13(19-11-15-10-14(12-22)6-7-18(15)27-19)23-21(26)9-8-20-24-16-4-2-3-5-17(16)25-20/h2-7,10-11,13H,8-9H2,1H3,(H,23,26)(H,24,25). The lowest BCUT2D eigenvalue weighted by Gasteiger charge is -2.10. The molecular formula is C21H18N4O2. The van der Waals surface area contributed by atoms with Crippen LogP contribution in [0.5, 0.6) is 0 Å². The molecule has 4 rings (SSSR count). The van der Waals surface area contributed by atoms with Gasteiger partial charge in [-0.3, -0.25) is 4.79 Å². The van der Waals surface area contributed by atoms with Crippen molar-refractivity contribution in [2.24, 2.45) is 0 Å². The molecule has 2 N–H and O–H groups in total. The van der Waals surface area contributed by atoms with Crippen molar-refractivity contribution in [2.75, 3.05) is 0 Å². The zero-order valence-corrected chi connectivity index (χ0v) is 14.8. The highest BCUT2D eigenvalue weighted by Gasteiger charge is 2.15. The summed E-state index contributed by atoms with van der Waals surface area (Å²) < 4.78 is 5.79. The van der Waals surface area contributed by atoms with Gasteiger partial charge in [0.1, 0.15) is 17.2 Å². The van der Waals surface area contributed by atoms with Gasteiger partial charge in [-0.1, -0.05) is 12.1 Å². The van der Waals surface area contributed by atoms with Gasteiger partial charge in [0.05, 0.1) is 28.7 Å². The van der Waals surface area contributed by atoms with Gasteiger partial charge in [-0.25, -0.2) is 4.98 Å². The summed E-state index contributed by atoms with van der Waals surface area (Å²) in [6, 6.07) is 16.8. The third-order valence-corrected chi connectivity index (χ3v) is 4.50. The van der Waals surface area contributed by atoms with Crippen LogP contribution in [0.15, 0.2) is 52.9 Å². The summed E-state index contributed by atoms with van der Waals surface area (Å²) in [5.41, 5.74) is 3.16. The van der Waals surface area contributed by atoms with E-state index >= 15 is 0 Å². The molecule has 0 aliphatic rings. The zero-order chi connectivity index (χ0) is 18.8. The predicted octanol–water partition coefficient (Wildman–Crippen LogP) is 3.99. The van der Waals surface area contributed by atoms with E-state index in [4.69, 9.17) is 9.68 Å². The number of carbonyl (C=O) groups is 1. The van der Waals surface area contributed by atoms with Crippen molar-refractivity contribution >= 4 is 27.9 Å². The normalized spacial score (nSPS) is 12.1. The monoisotopic (exact) mass is 358 g/mol. The number of rotatable bonds is 5. The molecule has 0 saturated carbocycles. The van der Waals surface area contributed by atoms with Crippen molar-refractivity contribution in [3.05, 3.63) is 65.7 Å². The highest BCUT2D eigenvalue weighted by molar-refractivity contribution is 5.80. The average molecular weight is 358 g/mol. The highest BCUT2D eigenvalue weighted by Crippen LogP contribution is 2.25. The van der Waals surface area contributed by atoms with Gasteiger partial charge in [-0.05, 0) is 43.3 Å². The molecule has 0 saturated heterocycles. The zero-order valence-electron chi connectivity index (χ0n) is 14.8. The van der Waals surface area contributed by atoms with E-state index in [1.165, 1.54) is 0 Å². The summed E-state index contributed by atoms with van der Waals surface area (Å²) >= 11 is 0. The van der Waals surface area contributed by atoms with Gasteiger partial charge >= 0.3 is 0 Å². The molecule has 4 aromatic rings. The fraction of sp³-hybridized carbons (Fsp3) is 0.190. The quantitative estimate of drug-likeness (QED) is 0.564. The van der Waals surface area contributed by atoms with Crippen LogP contribution in [-0.2, 0) is 11.2 Å². The molecule has 27 heavy (non-hydrogen) atoms. The molecule has 2 aromatic heterocycles. The van der Waals surface area contributed by atoms with Crippen molar-refractivity contribution in [1.82, 2.24) is 15.3 Å². The number of furan rings is 1. The summed E-state index contributed by atoms with van der Waals surface area (Å²) in [7, 11) is 0. The molecule has 1 amide bonds. The number of hydrogen-bond acceptors (Lipinski definition) is 4. The van der Waals surface area contributed by atoms with E-state index in [1.54, 1.807) is 18.2 Å². The minimum absolute atomic E-state index is 0.0684. The molecule has 6 nitrogen and oxygen atoms in total. The molecule has 6 heteroatoms. The number of aryl methyl sites for hydroxylation is 1. The first-order chi connectivity index (χ1) is 13.1. The van der Waals surface area contributed by atoms with Crippen molar-refractivity contribution < 1.29 is 9.21 Å². The lowest BCUT2D eigenvalue weighted by atomic mass is 10.1. The Morgan fingerprint density at radius 1 is 1.30 bits per heavy atom. The van der Waals surface area contributed by atoms with Crippen LogP contribution in [0.3, 0.4) is 0 Å². The Bertz CT molecular complexity index is 1130.